The molecule has 1 amide bonds. The number of rotatable bonds is 1. The van der Waals surface area contributed by atoms with Crippen LogP contribution in [-0.2, 0) is 4.74 Å². The van der Waals surface area contributed by atoms with E-state index in [4.69, 9.17) is 10.5 Å². The van der Waals surface area contributed by atoms with E-state index >= 15 is 0 Å². The molecule has 2 atom stereocenters. The summed E-state index contributed by atoms with van der Waals surface area (Å²) in [6, 6.07) is 10.0. The Morgan fingerprint density at radius 2 is 1.95 bits per heavy atom. The Kier molecular flexibility index (Phi) is 3.80. The maximum absolute atomic E-state index is 12.2. The predicted molar refractivity (Wildman–Crippen MR) is 74.7 cm³/mol. The van der Waals surface area contributed by atoms with Crippen LogP contribution in [0.4, 0.5) is 4.79 Å². The van der Waals surface area contributed by atoms with Crippen molar-refractivity contribution in [2.24, 2.45) is 5.73 Å². The van der Waals surface area contributed by atoms with Crippen molar-refractivity contribution in [3.05, 3.63) is 35.9 Å². The summed E-state index contributed by atoms with van der Waals surface area (Å²) in [6.07, 6.45) is 0.498. The van der Waals surface area contributed by atoms with E-state index in [0.29, 0.717) is 6.54 Å². The van der Waals surface area contributed by atoms with Crippen molar-refractivity contribution in [1.82, 2.24) is 4.90 Å². The molecule has 19 heavy (non-hydrogen) atoms. The fourth-order valence-electron chi connectivity index (χ4n) is 2.38. The van der Waals surface area contributed by atoms with Crippen molar-refractivity contribution in [2.45, 2.75) is 44.9 Å². The quantitative estimate of drug-likeness (QED) is 0.846. The largest absolute Gasteiger partial charge is 0.444 e. The normalized spacial score (nSPS) is 23.5. The Labute approximate surface area is 114 Å². The van der Waals surface area contributed by atoms with Gasteiger partial charge in [0.05, 0.1) is 6.04 Å². The number of amides is 1. The fraction of sp³-hybridized carbons (Fsp3) is 0.533. The molecule has 1 aromatic carbocycles. The summed E-state index contributed by atoms with van der Waals surface area (Å²) in [5.41, 5.74) is 6.64. The highest BCUT2D eigenvalue weighted by molar-refractivity contribution is 5.69. The summed E-state index contributed by atoms with van der Waals surface area (Å²) in [4.78, 5) is 14.0. The number of hydrogen-bond donors (Lipinski definition) is 1. The SMILES string of the molecule is CC(C)(C)OC(=O)N1C[C@@H](N)C[C@@H]1c1ccccc1. The smallest absolute Gasteiger partial charge is 0.410 e. The molecule has 0 spiro atoms. The van der Waals surface area contributed by atoms with E-state index in [1.54, 1.807) is 4.90 Å². The van der Waals surface area contributed by atoms with Crippen molar-refractivity contribution >= 4 is 6.09 Å². The average molecular weight is 262 g/mol. The first-order chi connectivity index (χ1) is 8.87. The van der Waals surface area contributed by atoms with Crippen molar-refractivity contribution in [1.29, 1.82) is 0 Å². The van der Waals surface area contributed by atoms with Crippen LogP contribution in [0.2, 0.25) is 0 Å². The van der Waals surface area contributed by atoms with Crippen LogP contribution in [0.3, 0.4) is 0 Å². The van der Waals surface area contributed by atoms with E-state index in [1.807, 2.05) is 51.1 Å². The van der Waals surface area contributed by atoms with Gasteiger partial charge in [-0.1, -0.05) is 30.3 Å². The van der Waals surface area contributed by atoms with E-state index in [2.05, 4.69) is 0 Å². The molecule has 0 aliphatic carbocycles. The lowest BCUT2D eigenvalue weighted by molar-refractivity contribution is 0.0223. The standard InChI is InChI=1S/C15H22N2O2/c1-15(2,3)19-14(18)17-10-12(16)9-13(17)11-7-5-4-6-8-11/h4-8,12-13H,9-10,16H2,1-3H3/t12-,13+/m0/s1. The average Bonchev–Trinajstić information content (AvgIpc) is 2.70. The van der Waals surface area contributed by atoms with Gasteiger partial charge in [0.15, 0.2) is 0 Å². The second kappa shape index (κ2) is 5.21. The molecule has 2 rings (SSSR count). The van der Waals surface area contributed by atoms with Crippen molar-refractivity contribution < 1.29 is 9.53 Å². The highest BCUT2D eigenvalue weighted by Gasteiger charge is 2.36. The van der Waals surface area contributed by atoms with Gasteiger partial charge in [-0.25, -0.2) is 4.79 Å². The maximum Gasteiger partial charge on any atom is 0.410 e. The molecule has 1 saturated heterocycles. The molecule has 0 bridgehead atoms. The van der Waals surface area contributed by atoms with Gasteiger partial charge in [-0.05, 0) is 32.8 Å². The molecule has 1 fully saturated rings. The zero-order chi connectivity index (χ0) is 14.0. The summed E-state index contributed by atoms with van der Waals surface area (Å²) in [7, 11) is 0. The zero-order valence-electron chi connectivity index (χ0n) is 11.8. The van der Waals surface area contributed by atoms with E-state index in [9.17, 15) is 4.79 Å². The molecule has 0 unspecified atom stereocenters. The van der Waals surface area contributed by atoms with Crippen LogP contribution in [0.15, 0.2) is 30.3 Å². The van der Waals surface area contributed by atoms with Gasteiger partial charge in [0.25, 0.3) is 0 Å². The fourth-order valence-corrected chi connectivity index (χ4v) is 2.38. The number of nitrogens with zero attached hydrogens (tertiary/aromatic N) is 1. The first-order valence-corrected chi connectivity index (χ1v) is 6.67. The molecule has 1 aliphatic rings. The van der Waals surface area contributed by atoms with Crippen LogP contribution >= 0.6 is 0 Å². The van der Waals surface area contributed by atoms with Crippen LogP contribution in [0.1, 0.15) is 38.8 Å². The second-order valence-electron chi connectivity index (χ2n) is 6.05. The molecule has 0 saturated carbocycles. The summed E-state index contributed by atoms with van der Waals surface area (Å²) in [6.45, 7) is 6.17. The molecular formula is C15H22N2O2. The Hall–Kier alpha value is -1.55. The molecule has 2 N–H and O–H groups in total. The van der Waals surface area contributed by atoms with Gasteiger partial charge in [-0.15, -0.1) is 0 Å². The summed E-state index contributed by atoms with van der Waals surface area (Å²) in [5.74, 6) is 0. The third-order valence-electron chi connectivity index (χ3n) is 3.15. The zero-order valence-corrected chi connectivity index (χ0v) is 11.8. The molecule has 4 nitrogen and oxygen atoms in total. The van der Waals surface area contributed by atoms with Gasteiger partial charge in [0.1, 0.15) is 5.60 Å². The molecule has 0 aromatic heterocycles. The number of carbonyl (C=O) groups excluding carboxylic acids is 1. The van der Waals surface area contributed by atoms with E-state index < -0.39 is 5.60 Å². The summed E-state index contributed by atoms with van der Waals surface area (Å²) in [5, 5.41) is 0. The van der Waals surface area contributed by atoms with Crippen LogP contribution in [0.25, 0.3) is 0 Å². The lowest BCUT2D eigenvalue weighted by Crippen LogP contribution is -2.38. The molecule has 4 heteroatoms. The van der Waals surface area contributed by atoms with E-state index in [1.165, 1.54) is 0 Å². The minimum atomic E-state index is -0.481. The molecule has 104 valence electrons. The number of benzene rings is 1. The summed E-state index contributed by atoms with van der Waals surface area (Å²) < 4.78 is 5.45. The molecule has 1 aliphatic heterocycles. The number of carbonyl (C=O) groups is 1. The molecule has 1 heterocycles. The number of nitrogens with two attached hydrogens (primary N) is 1. The van der Waals surface area contributed by atoms with E-state index in [0.717, 1.165) is 12.0 Å². The lowest BCUT2D eigenvalue weighted by atomic mass is 10.0. The van der Waals surface area contributed by atoms with Crippen LogP contribution < -0.4 is 5.73 Å². The van der Waals surface area contributed by atoms with Gasteiger partial charge in [-0.3, -0.25) is 4.90 Å². The number of likely N-dealkylation sites (tertiary alicyclic amines) is 1. The predicted octanol–water partition coefficient (Wildman–Crippen LogP) is 2.70. The van der Waals surface area contributed by atoms with E-state index in [-0.39, 0.29) is 18.2 Å². The summed E-state index contributed by atoms with van der Waals surface area (Å²) >= 11 is 0. The Morgan fingerprint density at radius 1 is 1.32 bits per heavy atom. The minimum absolute atomic E-state index is 0.0118. The molecule has 1 aromatic rings. The maximum atomic E-state index is 12.2. The van der Waals surface area contributed by atoms with Gasteiger partial charge < -0.3 is 10.5 Å². The Balaban J connectivity index is 2.16. The monoisotopic (exact) mass is 262 g/mol. The second-order valence-corrected chi connectivity index (χ2v) is 6.05. The first-order valence-electron chi connectivity index (χ1n) is 6.67. The highest BCUT2D eigenvalue weighted by Crippen LogP contribution is 2.32. The van der Waals surface area contributed by atoms with Gasteiger partial charge >= 0.3 is 6.09 Å². The third kappa shape index (κ3) is 3.47. The number of ether oxygens (including phenoxy) is 1. The first kappa shape index (κ1) is 13.9. The van der Waals surface area contributed by atoms with Crippen molar-refractivity contribution in [3.8, 4) is 0 Å². The third-order valence-corrected chi connectivity index (χ3v) is 3.15. The van der Waals surface area contributed by atoms with Crippen molar-refractivity contribution in [3.63, 3.8) is 0 Å². The van der Waals surface area contributed by atoms with Gasteiger partial charge in [0, 0.05) is 12.6 Å². The van der Waals surface area contributed by atoms with Crippen molar-refractivity contribution in [2.75, 3.05) is 6.54 Å². The minimum Gasteiger partial charge on any atom is -0.444 e. The van der Waals surface area contributed by atoms with Gasteiger partial charge in [-0.2, -0.15) is 0 Å². The lowest BCUT2D eigenvalue weighted by Gasteiger charge is -2.28. The highest BCUT2D eigenvalue weighted by atomic mass is 16.6. The number of hydrogen-bond acceptors (Lipinski definition) is 3. The molecule has 0 radical (unpaired) electrons. The Bertz CT molecular complexity index is 439. The molecular weight excluding hydrogens is 240 g/mol. The van der Waals surface area contributed by atoms with Crippen LogP contribution in [-0.4, -0.2) is 29.2 Å². The Morgan fingerprint density at radius 3 is 2.53 bits per heavy atom. The topological polar surface area (TPSA) is 55.6 Å². The van der Waals surface area contributed by atoms with Crippen LogP contribution in [0.5, 0.6) is 0 Å². The van der Waals surface area contributed by atoms with Crippen LogP contribution in [0, 0.1) is 0 Å². The van der Waals surface area contributed by atoms with Gasteiger partial charge in [0.2, 0.25) is 0 Å².